The summed E-state index contributed by atoms with van der Waals surface area (Å²) >= 11 is 0. The lowest BCUT2D eigenvalue weighted by molar-refractivity contribution is 0.634. The molecule has 0 fully saturated rings. The molecular formula is C12H14FN3. The highest BCUT2D eigenvalue weighted by molar-refractivity contribution is 5.81. The topological polar surface area (TPSA) is 37.8 Å². The summed E-state index contributed by atoms with van der Waals surface area (Å²) in [6, 6.07) is 4.95. The van der Waals surface area contributed by atoms with Crippen LogP contribution in [0.1, 0.15) is 11.5 Å². The fraction of sp³-hybridized carbons (Fsp3) is 0.333. The number of benzene rings is 1. The highest BCUT2D eigenvalue weighted by Crippen LogP contribution is 2.18. The van der Waals surface area contributed by atoms with E-state index in [4.69, 9.17) is 0 Å². The minimum absolute atomic E-state index is 0.284. The molecule has 1 aromatic heterocycles. The molecule has 0 aliphatic carbocycles. The first-order valence-corrected chi connectivity index (χ1v) is 5.28. The van der Waals surface area contributed by atoms with E-state index < -0.39 is 0 Å². The summed E-state index contributed by atoms with van der Waals surface area (Å²) in [5.74, 6) is 0.401. The van der Waals surface area contributed by atoms with Crippen molar-refractivity contribution >= 4 is 10.9 Å². The maximum absolute atomic E-state index is 13.6. The van der Waals surface area contributed by atoms with Gasteiger partial charge in [0.1, 0.15) is 17.2 Å². The average molecular weight is 219 g/mol. The number of nitrogens with zero attached hydrogens (tertiary/aromatic N) is 2. The van der Waals surface area contributed by atoms with Gasteiger partial charge in [0.15, 0.2) is 0 Å². The zero-order valence-corrected chi connectivity index (χ0v) is 9.42. The Bertz CT molecular complexity index is 511. The van der Waals surface area contributed by atoms with Gasteiger partial charge >= 0.3 is 0 Å². The fourth-order valence-electron chi connectivity index (χ4n) is 1.68. The van der Waals surface area contributed by atoms with Crippen molar-refractivity contribution in [3.05, 3.63) is 35.5 Å². The SMILES string of the molecule is CNCCc1nc(C)c2cccc(F)c2n1. The van der Waals surface area contributed by atoms with Crippen molar-refractivity contribution in [2.45, 2.75) is 13.3 Å². The van der Waals surface area contributed by atoms with E-state index >= 15 is 0 Å². The molecule has 1 N–H and O–H groups in total. The molecule has 0 saturated heterocycles. The molecule has 2 rings (SSSR count). The molecule has 3 nitrogen and oxygen atoms in total. The highest BCUT2D eigenvalue weighted by atomic mass is 19.1. The third kappa shape index (κ3) is 2.02. The molecule has 84 valence electrons. The van der Waals surface area contributed by atoms with Gasteiger partial charge in [-0.15, -0.1) is 0 Å². The van der Waals surface area contributed by atoms with Gasteiger partial charge in [-0.3, -0.25) is 0 Å². The number of fused-ring (bicyclic) bond motifs is 1. The lowest BCUT2D eigenvalue weighted by Gasteiger charge is -2.05. The third-order valence-electron chi connectivity index (χ3n) is 2.51. The predicted octanol–water partition coefficient (Wildman–Crippen LogP) is 1.84. The van der Waals surface area contributed by atoms with Gasteiger partial charge in [-0.2, -0.15) is 0 Å². The van der Waals surface area contributed by atoms with Crippen molar-refractivity contribution < 1.29 is 4.39 Å². The lowest BCUT2D eigenvalue weighted by atomic mass is 10.2. The zero-order valence-electron chi connectivity index (χ0n) is 9.42. The van der Waals surface area contributed by atoms with Crippen LogP contribution in [0.3, 0.4) is 0 Å². The van der Waals surface area contributed by atoms with Gasteiger partial charge < -0.3 is 5.32 Å². The standard InChI is InChI=1S/C12H14FN3/c1-8-9-4-3-5-10(13)12(9)16-11(15-8)6-7-14-2/h3-5,14H,6-7H2,1-2H3. The second-order valence-corrected chi connectivity index (χ2v) is 3.71. The summed E-state index contributed by atoms with van der Waals surface area (Å²) in [6.07, 6.45) is 0.710. The van der Waals surface area contributed by atoms with Crippen molar-refractivity contribution in [3.63, 3.8) is 0 Å². The van der Waals surface area contributed by atoms with Gasteiger partial charge in [0.2, 0.25) is 0 Å². The van der Waals surface area contributed by atoms with E-state index in [1.54, 1.807) is 6.07 Å². The Kier molecular flexibility index (Phi) is 3.10. The second-order valence-electron chi connectivity index (χ2n) is 3.71. The molecule has 4 heteroatoms. The molecule has 1 heterocycles. The molecule has 0 unspecified atom stereocenters. The van der Waals surface area contributed by atoms with Crippen LogP contribution in [0.4, 0.5) is 4.39 Å². The molecule has 0 amide bonds. The van der Waals surface area contributed by atoms with E-state index in [-0.39, 0.29) is 5.82 Å². The van der Waals surface area contributed by atoms with Crippen molar-refractivity contribution in [2.75, 3.05) is 13.6 Å². The number of halogens is 1. The zero-order chi connectivity index (χ0) is 11.5. The first kappa shape index (κ1) is 11.0. The van der Waals surface area contributed by atoms with Crippen LogP contribution < -0.4 is 5.32 Å². The van der Waals surface area contributed by atoms with Crippen LogP contribution in [0.25, 0.3) is 10.9 Å². The minimum Gasteiger partial charge on any atom is -0.319 e. The molecule has 0 radical (unpaired) electrons. The van der Waals surface area contributed by atoms with Gasteiger partial charge in [0, 0.05) is 24.0 Å². The van der Waals surface area contributed by atoms with Crippen LogP contribution in [-0.2, 0) is 6.42 Å². The van der Waals surface area contributed by atoms with Crippen LogP contribution in [0, 0.1) is 12.7 Å². The molecule has 0 spiro atoms. The molecular weight excluding hydrogens is 205 g/mol. The number of aryl methyl sites for hydroxylation is 1. The predicted molar refractivity (Wildman–Crippen MR) is 61.9 cm³/mol. The summed E-state index contributed by atoms with van der Waals surface area (Å²) in [4.78, 5) is 8.61. The quantitative estimate of drug-likeness (QED) is 0.856. The van der Waals surface area contributed by atoms with Gasteiger partial charge in [0.25, 0.3) is 0 Å². The van der Waals surface area contributed by atoms with E-state index in [2.05, 4.69) is 15.3 Å². The Morgan fingerprint density at radius 3 is 2.88 bits per heavy atom. The Balaban J connectivity index is 2.52. The summed E-state index contributed by atoms with van der Waals surface area (Å²) in [5.41, 5.74) is 1.25. The first-order chi connectivity index (χ1) is 7.72. The third-order valence-corrected chi connectivity index (χ3v) is 2.51. The summed E-state index contributed by atoms with van der Waals surface area (Å²) in [6.45, 7) is 2.67. The largest absolute Gasteiger partial charge is 0.319 e. The van der Waals surface area contributed by atoms with Crippen LogP contribution >= 0.6 is 0 Å². The number of aromatic nitrogens is 2. The molecule has 16 heavy (non-hydrogen) atoms. The molecule has 1 aromatic carbocycles. The van der Waals surface area contributed by atoms with E-state index in [9.17, 15) is 4.39 Å². The van der Waals surface area contributed by atoms with Crippen LogP contribution in [0.2, 0.25) is 0 Å². The molecule has 0 bridgehead atoms. The van der Waals surface area contributed by atoms with Crippen LogP contribution in [0.5, 0.6) is 0 Å². The maximum Gasteiger partial charge on any atom is 0.149 e. The normalized spacial score (nSPS) is 10.9. The van der Waals surface area contributed by atoms with Crippen LogP contribution in [0.15, 0.2) is 18.2 Å². The smallest absolute Gasteiger partial charge is 0.149 e. The lowest BCUT2D eigenvalue weighted by Crippen LogP contribution is -2.13. The van der Waals surface area contributed by atoms with Crippen molar-refractivity contribution in [2.24, 2.45) is 0 Å². The van der Waals surface area contributed by atoms with Gasteiger partial charge in [-0.25, -0.2) is 14.4 Å². The van der Waals surface area contributed by atoms with Gasteiger partial charge in [-0.05, 0) is 20.0 Å². The van der Waals surface area contributed by atoms with Gasteiger partial charge in [0.05, 0.1) is 0 Å². The molecule has 0 aliphatic rings. The number of para-hydroxylation sites is 1. The summed E-state index contributed by atoms with van der Waals surface area (Å²) in [7, 11) is 1.87. The van der Waals surface area contributed by atoms with Crippen molar-refractivity contribution in [1.82, 2.24) is 15.3 Å². The number of rotatable bonds is 3. The van der Waals surface area contributed by atoms with Crippen LogP contribution in [-0.4, -0.2) is 23.6 Å². The first-order valence-electron chi connectivity index (χ1n) is 5.28. The Labute approximate surface area is 93.7 Å². The van der Waals surface area contributed by atoms with Crippen molar-refractivity contribution in [1.29, 1.82) is 0 Å². The van der Waals surface area contributed by atoms with E-state index in [1.165, 1.54) is 6.07 Å². The summed E-state index contributed by atoms with van der Waals surface area (Å²) < 4.78 is 13.6. The highest BCUT2D eigenvalue weighted by Gasteiger charge is 2.07. The monoisotopic (exact) mass is 219 g/mol. The Hall–Kier alpha value is -1.55. The molecule has 0 atom stereocenters. The van der Waals surface area contributed by atoms with E-state index in [1.807, 2.05) is 20.0 Å². The molecule has 0 aliphatic heterocycles. The number of hydrogen-bond acceptors (Lipinski definition) is 3. The maximum atomic E-state index is 13.6. The fourth-order valence-corrected chi connectivity index (χ4v) is 1.68. The second kappa shape index (κ2) is 4.53. The Morgan fingerprint density at radius 2 is 2.12 bits per heavy atom. The number of nitrogens with one attached hydrogen (secondary N) is 1. The minimum atomic E-state index is -0.284. The number of hydrogen-bond donors (Lipinski definition) is 1. The number of likely N-dealkylation sites (N-methyl/N-ethyl adjacent to an activating group) is 1. The summed E-state index contributed by atoms with van der Waals surface area (Å²) in [5, 5.41) is 3.81. The average Bonchev–Trinajstić information content (AvgIpc) is 2.28. The van der Waals surface area contributed by atoms with E-state index in [0.29, 0.717) is 17.8 Å². The Morgan fingerprint density at radius 1 is 1.31 bits per heavy atom. The molecule has 2 aromatic rings. The molecule has 0 saturated carbocycles. The van der Waals surface area contributed by atoms with Crippen molar-refractivity contribution in [3.8, 4) is 0 Å². The van der Waals surface area contributed by atoms with E-state index in [0.717, 1.165) is 17.6 Å². The van der Waals surface area contributed by atoms with Gasteiger partial charge in [-0.1, -0.05) is 12.1 Å².